The van der Waals surface area contributed by atoms with E-state index in [4.69, 9.17) is 4.74 Å². The molecule has 2 amide bonds. The third-order valence-corrected chi connectivity index (χ3v) is 8.29. The van der Waals surface area contributed by atoms with Gasteiger partial charge in [-0.2, -0.15) is 4.31 Å². The van der Waals surface area contributed by atoms with E-state index in [-0.39, 0.29) is 29.3 Å². The lowest BCUT2D eigenvalue weighted by atomic mass is 9.84. The smallest absolute Gasteiger partial charge is 0.243 e. The second-order valence-electron chi connectivity index (χ2n) is 8.92. The Bertz CT molecular complexity index is 1190. The predicted molar refractivity (Wildman–Crippen MR) is 130 cm³/mol. The molecule has 1 saturated carbocycles. The zero-order chi connectivity index (χ0) is 24.5. The second kappa shape index (κ2) is 9.76. The topological polar surface area (TPSA) is 96.0 Å². The van der Waals surface area contributed by atoms with Crippen LogP contribution in [0.1, 0.15) is 38.7 Å². The number of para-hydroxylation sites is 2. The lowest BCUT2D eigenvalue weighted by molar-refractivity contribution is -0.125. The Morgan fingerprint density at radius 3 is 2.59 bits per heavy atom. The minimum atomic E-state index is -3.90. The summed E-state index contributed by atoms with van der Waals surface area (Å²) in [6.45, 7) is 3.93. The maximum absolute atomic E-state index is 13.2. The van der Waals surface area contributed by atoms with Crippen molar-refractivity contribution in [1.82, 2.24) is 4.31 Å². The summed E-state index contributed by atoms with van der Waals surface area (Å²) >= 11 is 0. The summed E-state index contributed by atoms with van der Waals surface area (Å²) in [7, 11) is -2.51. The maximum atomic E-state index is 13.2. The highest BCUT2D eigenvalue weighted by atomic mass is 32.2. The molecule has 9 heteroatoms. The average molecular weight is 486 g/mol. The monoisotopic (exact) mass is 485 g/mol. The highest BCUT2D eigenvalue weighted by Gasteiger charge is 2.37. The summed E-state index contributed by atoms with van der Waals surface area (Å²) < 4.78 is 32.9. The summed E-state index contributed by atoms with van der Waals surface area (Å²) in [6, 6.07) is 11.9. The van der Waals surface area contributed by atoms with Gasteiger partial charge in [0.2, 0.25) is 21.8 Å². The molecule has 0 unspecified atom stereocenters. The van der Waals surface area contributed by atoms with Crippen LogP contribution in [0.25, 0.3) is 0 Å². The van der Waals surface area contributed by atoms with Crippen LogP contribution in [0.15, 0.2) is 47.4 Å². The minimum absolute atomic E-state index is 0.00466. The normalized spacial score (nSPS) is 17.9. The van der Waals surface area contributed by atoms with Crippen LogP contribution in [0.5, 0.6) is 5.75 Å². The summed E-state index contributed by atoms with van der Waals surface area (Å²) in [6.07, 6.45) is 3.53. The second-order valence-corrected chi connectivity index (χ2v) is 11.0. The van der Waals surface area contributed by atoms with Gasteiger partial charge < -0.3 is 15.0 Å². The molecule has 0 radical (unpaired) electrons. The molecule has 2 aromatic rings. The number of rotatable bonds is 8. The van der Waals surface area contributed by atoms with Crippen LogP contribution < -0.4 is 15.0 Å². The molecule has 1 heterocycles. The van der Waals surface area contributed by atoms with Crippen molar-refractivity contribution in [2.75, 3.05) is 30.4 Å². The fourth-order valence-corrected chi connectivity index (χ4v) is 5.64. The van der Waals surface area contributed by atoms with E-state index < -0.39 is 15.9 Å². The summed E-state index contributed by atoms with van der Waals surface area (Å²) in [5, 5.41) is 2.72. The van der Waals surface area contributed by atoms with Gasteiger partial charge >= 0.3 is 0 Å². The van der Waals surface area contributed by atoms with Crippen LogP contribution in [0, 0.1) is 5.92 Å². The Kier molecular flexibility index (Phi) is 6.95. The van der Waals surface area contributed by atoms with Crippen molar-refractivity contribution in [2.24, 2.45) is 5.92 Å². The van der Waals surface area contributed by atoms with Gasteiger partial charge in [0, 0.05) is 24.7 Å². The van der Waals surface area contributed by atoms with Crippen molar-refractivity contribution < 1.29 is 22.7 Å². The Morgan fingerprint density at radius 2 is 1.91 bits per heavy atom. The number of benzene rings is 2. The number of fused-ring (bicyclic) bond motifs is 1. The van der Waals surface area contributed by atoms with Crippen LogP contribution in [-0.2, 0) is 26.0 Å². The molecule has 4 rings (SSSR count). The number of carbonyl (C=O) groups excluding carboxylic acids is 2. The van der Waals surface area contributed by atoms with Gasteiger partial charge in [-0.15, -0.1) is 0 Å². The Balaban J connectivity index is 1.47. The molecule has 1 aliphatic carbocycles. The van der Waals surface area contributed by atoms with Crippen LogP contribution in [0.3, 0.4) is 0 Å². The van der Waals surface area contributed by atoms with Crippen molar-refractivity contribution in [2.45, 2.75) is 50.5 Å². The molecule has 1 N–H and O–H groups in total. The van der Waals surface area contributed by atoms with E-state index in [0.717, 1.165) is 34.8 Å². The molecule has 1 fully saturated rings. The molecule has 182 valence electrons. The SMILES string of the molecule is CCOc1ccccc1NC(=O)CN(C)S(=O)(=O)c1ccc2c(c1)C[C@@H](C)N2C(=O)C1CCC1. The van der Waals surface area contributed by atoms with Gasteiger partial charge in [-0.1, -0.05) is 18.6 Å². The molecule has 8 nitrogen and oxygen atoms in total. The molecule has 0 bridgehead atoms. The van der Waals surface area contributed by atoms with E-state index in [1.165, 1.54) is 13.1 Å². The quantitative estimate of drug-likeness (QED) is 0.618. The molecule has 34 heavy (non-hydrogen) atoms. The van der Waals surface area contributed by atoms with E-state index in [1.807, 2.05) is 18.7 Å². The van der Waals surface area contributed by atoms with Crippen LogP contribution in [0.4, 0.5) is 11.4 Å². The first-order valence-corrected chi connectivity index (χ1v) is 13.1. The Hall–Kier alpha value is -2.91. The van der Waals surface area contributed by atoms with Crippen molar-refractivity contribution in [1.29, 1.82) is 0 Å². The average Bonchev–Trinajstić information content (AvgIpc) is 3.08. The molecule has 2 aromatic carbocycles. The van der Waals surface area contributed by atoms with Crippen molar-refractivity contribution in [3.05, 3.63) is 48.0 Å². The lowest BCUT2D eigenvalue weighted by Gasteiger charge is -2.32. The van der Waals surface area contributed by atoms with Crippen LogP contribution in [0.2, 0.25) is 0 Å². The van der Waals surface area contributed by atoms with E-state index >= 15 is 0 Å². The molecule has 1 aliphatic heterocycles. The number of amides is 2. The number of carbonyl (C=O) groups is 2. The number of ether oxygens (including phenoxy) is 1. The van der Waals surface area contributed by atoms with Gasteiger partial charge in [-0.05, 0) is 69.0 Å². The minimum Gasteiger partial charge on any atom is -0.492 e. The van der Waals surface area contributed by atoms with Crippen LogP contribution in [-0.4, -0.2) is 50.8 Å². The first kappa shape index (κ1) is 24.2. The lowest BCUT2D eigenvalue weighted by Crippen LogP contribution is -2.42. The summed E-state index contributed by atoms with van der Waals surface area (Å²) in [5.41, 5.74) is 2.11. The fourth-order valence-electron chi connectivity index (χ4n) is 4.46. The van der Waals surface area contributed by atoms with Gasteiger partial charge in [0.1, 0.15) is 5.75 Å². The van der Waals surface area contributed by atoms with Gasteiger partial charge in [0.25, 0.3) is 0 Å². The van der Waals surface area contributed by atoms with E-state index in [0.29, 0.717) is 24.5 Å². The molecule has 0 saturated heterocycles. The largest absolute Gasteiger partial charge is 0.492 e. The van der Waals surface area contributed by atoms with Crippen molar-refractivity contribution >= 4 is 33.2 Å². The van der Waals surface area contributed by atoms with Gasteiger partial charge in [0.15, 0.2) is 0 Å². The molecular formula is C25H31N3O5S. The number of anilines is 2. The number of sulfonamides is 1. The molecular weight excluding hydrogens is 454 g/mol. The maximum Gasteiger partial charge on any atom is 0.243 e. The zero-order valence-electron chi connectivity index (χ0n) is 19.8. The van der Waals surface area contributed by atoms with Crippen molar-refractivity contribution in [3.63, 3.8) is 0 Å². The highest BCUT2D eigenvalue weighted by Crippen LogP contribution is 2.38. The van der Waals surface area contributed by atoms with Crippen LogP contribution >= 0.6 is 0 Å². The van der Waals surface area contributed by atoms with E-state index in [1.54, 1.807) is 36.4 Å². The summed E-state index contributed by atoms with van der Waals surface area (Å²) in [4.78, 5) is 27.4. The zero-order valence-corrected chi connectivity index (χ0v) is 20.6. The fraction of sp³-hybridized carbons (Fsp3) is 0.440. The van der Waals surface area contributed by atoms with Crippen molar-refractivity contribution in [3.8, 4) is 5.75 Å². The highest BCUT2D eigenvalue weighted by molar-refractivity contribution is 7.89. The van der Waals surface area contributed by atoms with E-state index in [2.05, 4.69) is 5.32 Å². The Morgan fingerprint density at radius 1 is 1.18 bits per heavy atom. The third kappa shape index (κ3) is 4.67. The number of hydrogen-bond acceptors (Lipinski definition) is 5. The molecule has 1 atom stereocenters. The first-order valence-electron chi connectivity index (χ1n) is 11.7. The first-order chi connectivity index (χ1) is 16.2. The van der Waals surface area contributed by atoms with Gasteiger partial charge in [-0.25, -0.2) is 8.42 Å². The standard InChI is InChI=1S/C25H31N3O5S/c1-4-33-23-11-6-5-10-21(23)26-24(29)16-27(3)34(31,32)20-12-13-22-19(15-20)14-17(2)28(22)25(30)18-8-7-9-18/h5-6,10-13,15,17-18H,4,7-9,14,16H2,1-3H3,(H,26,29)/t17-/m1/s1. The number of nitrogens with one attached hydrogen (secondary N) is 1. The number of likely N-dealkylation sites (N-methyl/N-ethyl adjacent to an activating group) is 1. The molecule has 2 aliphatic rings. The predicted octanol–water partition coefficient (Wildman–Crippen LogP) is 3.42. The summed E-state index contributed by atoms with van der Waals surface area (Å²) in [5.74, 6) is 0.270. The van der Waals surface area contributed by atoms with Gasteiger partial charge in [-0.3, -0.25) is 9.59 Å². The third-order valence-electron chi connectivity index (χ3n) is 6.49. The molecule has 0 aromatic heterocycles. The Labute approximate surface area is 200 Å². The number of hydrogen-bond donors (Lipinski definition) is 1. The number of nitrogens with zero attached hydrogens (tertiary/aromatic N) is 2. The molecule has 0 spiro atoms. The van der Waals surface area contributed by atoms with Gasteiger partial charge in [0.05, 0.1) is 23.7 Å². The van der Waals surface area contributed by atoms with E-state index in [9.17, 15) is 18.0 Å².